The van der Waals surface area contributed by atoms with Crippen molar-refractivity contribution in [1.82, 2.24) is 15.8 Å². The minimum atomic E-state index is -1.26. The lowest BCUT2D eigenvalue weighted by molar-refractivity contribution is -0.132. The lowest BCUT2D eigenvalue weighted by Gasteiger charge is -2.22. The number of carbonyl (C=O) groups excluding carboxylic acids is 3. The number of hydrogen-bond donors (Lipinski definition) is 2. The van der Waals surface area contributed by atoms with E-state index in [1.165, 1.54) is 12.1 Å². The predicted octanol–water partition coefficient (Wildman–Crippen LogP) is 1.67. The SMILES string of the molecule is CC1(c2ccccc2)NC(=O)N(NC(=O)c2cccc(C#N)c2)C1=O. The molecule has 2 aromatic rings. The molecule has 1 aliphatic rings. The van der Waals surface area contributed by atoms with Gasteiger partial charge in [0.2, 0.25) is 0 Å². The van der Waals surface area contributed by atoms with Gasteiger partial charge in [0.05, 0.1) is 11.6 Å². The number of rotatable bonds is 3. The van der Waals surface area contributed by atoms with E-state index in [4.69, 9.17) is 5.26 Å². The molecule has 1 unspecified atom stereocenters. The summed E-state index contributed by atoms with van der Waals surface area (Å²) in [5.74, 6) is -1.24. The second-order valence-electron chi connectivity index (χ2n) is 5.70. The first kappa shape index (κ1) is 16.2. The molecule has 0 radical (unpaired) electrons. The maximum Gasteiger partial charge on any atom is 0.344 e. The van der Waals surface area contributed by atoms with Crippen LogP contribution in [0.5, 0.6) is 0 Å². The molecule has 2 N–H and O–H groups in total. The molecule has 1 aliphatic heterocycles. The Morgan fingerprint density at radius 2 is 1.88 bits per heavy atom. The van der Waals surface area contributed by atoms with Gasteiger partial charge < -0.3 is 5.32 Å². The molecule has 1 saturated heterocycles. The van der Waals surface area contributed by atoms with Crippen LogP contribution < -0.4 is 10.7 Å². The fourth-order valence-corrected chi connectivity index (χ4v) is 2.60. The first-order valence-electron chi connectivity index (χ1n) is 7.49. The van der Waals surface area contributed by atoms with Crippen LogP contribution in [0, 0.1) is 11.3 Å². The van der Waals surface area contributed by atoms with Crippen LogP contribution in [-0.2, 0) is 10.3 Å². The first-order chi connectivity index (χ1) is 12.0. The van der Waals surface area contributed by atoms with Gasteiger partial charge in [-0.1, -0.05) is 36.4 Å². The Balaban J connectivity index is 1.84. The van der Waals surface area contributed by atoms with E-state index in [0.29, 0.717) is 16.1 Å². The van der Waals surface area contributed by atoms with Gasteiger partial charge in [0.25, 0.3) is 11.8 Å². The second kappa shape index (κ2) is 6.09. The van der Waals surface area contributed by atoms with Crippen LogP contribution in [0.15, 0.2) is 54.6 Å². The maximum atomic E-state index is 12.7. The Bertz CT molecular complexity index is 904. The first-order valence-corrected chi connectivity index (χ1v) is 7.49. The number of carbonyl (C=O) groups is 3. The minimum Gasteiger partial charge on any atom is -0.318 e. The van der Waals surface area contributed by atoms with E-state index in [1.54, 1.807) is 49.4 Å². The van der Waals surface area contributed by atoms with Crippen molar-refractivity contribution in [2.24, 2.45) is 0 Å². The van der Waals surface area contributed by atoms with Crippen molar-refractivity contribution in [2.45, 2.75) is 12.5 Å². The number of nitrogens with zero attached hydrogens (tertiary/aromatic N) is 2. The second-order valence-corrected chi connectivity index (χ2v) is 5.70. The van der Waals surface area contributed by atoms with Crippen LogP contribution in [0.25, 0.3) is 0 Å². The molecule has 124 valence electrons. The van der Waals surface area contributed by atoms with Crippen LogP contribution in [0.3, 0.4) is 0 Å². The molecule has 0 aliphatic carbocycles. The third kappa shape index (κ3) is 2.81. The molecular weight excluding hydrogens is 320 g/mol. The van der Waals surface area contributed by atoms with Crippen molar-refractivity contribution in [3.8, 4) is 6.07 Å². The third-order valence-electron chi connectivity index (χ3n) is 4.01. The molecule has 25 heavy (non-hydrogen) atoms. The Morgan fingerprint density at radius 1 is 1.16 bits per heavy atom. The lowest BCUT2D eigenvalue weighted by atomic mass is 9.92. The normalized spacial score (nSPS) is 19.3. The van der Waals surface area contributed by atoms with Crippen molar-refractivity contribution < 1.29 is 14.4 Å². The highest BCUT2D eigenvalue weighted by Crippen LogP contribution is 2.27. The van der Waals surface area contributed by atoms with Gasteiger partial charge in [-0.25, -0.2) is 4.79 Å². The van der Waals surface area contributed by atoms with Gasteiger partial charge in [0.15, 0.2) is 0 Å². The quantitative estimate of drug-likeness (QED) is 0.833. The predicted molar refractivity (Wildman–Crippen MR) is 87.8 cm³/mol. The number of nitrogens with one attached hydrogen (secondary N) is 2. The summed E-state index contributed by atoms with van der Waals surface area (Å²) >= 11 is 0. The molecule has 0 spiro atoms. The van der Waals surface area contributed by atoms with E-state index in [1.807, 2.05) is 6.07 Å². The third-order valence-corrected chi connectivity index (χ3v) is 4.01. The molecule has 1 heterocycles. The van der Waals surface area contributed by atoms with Gasteiger partial charge in [-0.3, -0.25) is 15.0 Å². The highest BCUT2D eigenvalue weighted by molar-refractivity contribution is 6.09. The summed E-state index contributed by atoms with van der Waals surface area (Å²) in [6, 6.07) is 15.9. The highest BCUT2D eigenvalue weighted by atomic mass is 16.2. The molecule has 7 heteroatoms. The summed E-state index contributed by atoms with van der Waals surface area (Å²) in [6.45, 7) is 1.57. The summed E-state index contributed by atoms with van der Waals surface area (Å²) in [5, 5.41) is 12.2. The van der Waals surface area contributed by atoms with Crippen LogP contribution >= 0.6 is 0 Å². The summed E-state index contributed by atoms with van der Waals surface area (Å²) in [4.78, 5) is 37.2. The zero-order chi connectivity index (χ0) is 18.0. The van der Waals surface area contributed by atoms with Crippen molar-refractivity contribution in [1.29, 1.82) is 5.26 Å². The van der Waals surface area contributed by atoms with Crippen LogP contribution in [-0.4, -0.2) is 22.9 Å². The van der Waals surface area contributed by atoms with Crippen molar-refractivity contribution in [3.63, 3.8) is 0 Å². The van der Waals surface area contributed by atoms with E-state index in [-0.39, 0.29) is 5.56 Å². The number of benzene rings is 2. The van der Waals surface area contributed by atoms with E-state index in [0.717, 1.165) is 0 Å². The number of imide groups is 1. The van der Waals surface area contributed by atoms with Crippen molar-refractivity contribution in [3.05, 3.63) is 71.3 Å². The smallest absolute Gasteiger partial charge is 0.318 e. The van der Waals surface area contributed by atoms with Crippen LogP contribution in [0.1, 0.15) is 28.4 Å². The molecule has 1 fully saturated rings. The lowest BCUT2D eigenvalue weighted by Crippen LogP contribution is -2.47. The van der Waals surface area contributed by atoms with Crippen molar-refractivity contribution >= 4 is 17.8 Å². The van der Waals surface area contributed by atoms with Gasteiger partial charge in [0.1, 0.15) is 5.54 Å². The van der Waals surface area contributed by atoms with Crippen molar-refractivity contribution in [2.75, 3.05) is 0 Å². The van der Waals surface area contributed by atoms with E-state index < -0.39 is 23.4 Å². The standard InChI is InChI=1S/C18H14N4O3/c1-18(14-8-3-2-4-9-14)16(24)22(17(25)20-18)21-15(23)13-7-5-6-12(10-13)11-19/h2-10H,1H3,(H,20,25)(H,21,23). The zero-order valence-electron chi connectivity index (χ0n) is 13.3. The Morgan fingerprint density at radius 3 is 2.56 bits per heavy atom. The van der Waals surface area contributed by atoms with E-state index >= 15 is 0 Å². The van der Waals surface area contributed by atoms with Gasteiger partial charge in [-0.05, 0) is 30.7 Å². The average molecular weight is 334 g/mol. The van der Waals surface area contributed by atoms with Gasteiger partial charge >= 0.3 is 6.03 Å². The summed E-state index contributed by atoms with van der Waals surface area (Å²) in [5.41, 5.74) is 2.12. The largest absolute Gasteiger partial charge is 0.344 e. The Hall–Kier alpha value is -3.66. The fourth-order valence-electron chi connectivity index (χ4n) is 2.60. The molecule has 3 rings (SSSR count). The molecular formula is C18H14N4O3. The number of urea groups is 1. The fraction of sp³-hybridized carbons (Fsp3) is 0.111. The van der Waals surface area contributed by atoms with Gasteiger partial charge in [-0.2, -0.15) is 10.3 Å². The number of amides is 4. The van der Waals surface area contributed by atoms with E-state index in [9.17, 15) is 14.4 Å². The molecule has 0 saturated carbocycles. The molecule has 1 atom stereocenters. The molecule has 2 aromatic carbocycles. The number of hydrogen-bond acceptors (Lipinski definition) is 4. The molecule has 7 nitrogen and oxygen atoms in total. The summed E-state index contributed by atoms with van der Waals surface area (Å²) in [7, 11) is 0. The number of nitriles is 1. The maximum absolute atomic E-state index is 12.7. The van der Waals surface area contributed by atoms with E-state index in [2.05, 4.69) is 10.7 Å². The monoisotopic (exact) mass is 334 g/mol. The number of hydrazine groups is 1. The minimum absolute atomic E-state index is 0.174. The summed E-state index contributed by atoms with van der Waals surface area (Å²) < 4.78 is 0. The van der Waals surface area contributed by atoms with Gasteiger partial charge in [-0.15, -0.1) is 0 Å². The van der Waals surface area contributed by atoms with Crippen LogP contribution in [0.4, 0.5) is 4.79 Å². The molecule has 4 amide bonds. The van der Waals surface area contributed by atoms with Crippen LogP contribution in [0.2, 0.25) is 0 Å². The molecule has 0 bridgehead atoms. The topological polar surface area (TPSA) is 102 Å². The Labute approximate surface area is 143 Å². The van der Waals surface area contributed by atoms with Gasteiger partial charge in [0, 0.05) is 5.56 Å². The summed E-state index contributed by atoms with van der Waals surface area (Å²) in [6.07, 6.45) is 0. The average Bonchev–Trinajstić information content (AvgIpc) is 2.86. The Kier molecular flexibility index (Phi) is 3.95. The zero-order valence-corrected chi connectivity index (χ0v) is 13.3. The highest BCUT2D eigenvalue weighted by Gasteiger charge is 2.50. The molecule has 0 aromatic heterocycles.